The lowest BCUT2D eigenvalue weighted by Crippen LogP contribution is -2.17. The third-order valence-corrected chi connectivity index (χ3v) is 5.00. The van der Waals surface area contributed by atoms with Crippen molar-refractivity contribution < 1.29 is 0 Å². The van der Waals surface area contributed by atoms with Crippen LogP contribution in [0.5, 0.6) is 0 Å². The van der Waals surface area contributed by atoms with Gasteiger partial charge in [-0.1, -0.05) is 53.5 Å². The first-order chi connectivity index (χ1) is 13.1. The fourth-order valence-electron chi connectivity index (χ4n) is 3.31. The first kappa shape index (κ1) is 16.2. The fourth-order valence-corrected chi connectivity index (χ4v) is 3.65. The van der Waals surface area contributed by atoms with Gasteiger partial charge in [0.1, 0.15) is 0 Å². The summed E-state index contributed by atoms with van der Waals surface area (Å²) in [6, 6.07) is 20.2. The number of hydrogen-bond acceptors (Lipinski definition) is 3. The molecule has 0 unspecified atom stereocenters. The predicted molar refractivity (Wildman–Crippen MR) is 110 cm³/mol. The Kier molecular flexibility index (Phi) is 3.64. The average molecular weight is 392 g/mol. The molecule has 0 N–H and O–H groups in total. The maximum atomic E-state index is 13.2. The van der Waals surface area contributed by atoms with E-state index in [-0.39, 0.29) is 5.56 Å². The van der Waals surface area contributed by atoms with Crippen molar-refractivity contribution in [2.75, 3.05) is 0 Å². The highest BCUT2D eigenvalue weighted by molar-refractivity contribution is 6.31. The largest absolute Gasteiger partial charge is 0.268 e. The van der Waals surface area contributed by atoms with E-state index in [0.717, 1.165) is 16.6 Å². The lowest BCUT2D eigenvalue weighted by Gasteiger charge is -2.12. The molecule has 0 aliphatic carbocycles. The Morgan fingerprint density at radius 1 is 0.778 bits per heavy atom. The van der Waals surface area contributed by atoms with E-state index in [1.165, 1.54) is 4.40 Å². The zero-order chi connectivity index (χ0) is 18.5. The van der Waals surface area contributed by atoms with Crippen LogP contribution in [0.2, 0.25) is 10.0 Å². The molecule has 0 aliphatic rings. The van der Waals surface area contributed by atoms with Crippen molar-refractivity contribution in [3.8, 4) is 11.3 Å². The van der Waals surface area contributed by atoms with Crippen LogP contribution in [-0.4, -0.2) is 14.4 Å². The number of aromatic nitrogens is 3. The molecule has 2 aromatic heterocycles. The van der Waals surface area contributed by atoms with Gasteiger partial charge in [-0.15, -0.1) is 0 Å². The number of rotatable bonds is 1. The van der Waals surface area contributed by atoms with E-state index in [0.29, 0.717) is 32.2 Å². The minimum Gasteiger partial charge on any atom is -0.268 e. The van der Waals surface area contributed by atoms with Gasteiger partial charge in [-0.2, -0.15) is 0 Å². The second kappa shape index (κ2) is 6.05. The Bertz CT molecular complexity index is 1410. The van der Waals surface area contributed by atoms with Crippen LogP contribution < -0.4 is 5.56 Å². The summed E-state index contributed by atoms with van der Waals surface area (Å²) in [5.41, 5.74) is 2.69. The van der Waals surface area contributed by atoms with Gasteiger partial charge in [0, 0.05) is 21.0 Å². The van der Waals surface area contributed by atoms with E-state index in [4.69, 9.17) is 28.2 Å². The van der Waals surface area contributed by atoms with Crippen LogP contribution in [-0.2, 0) is 0 Å². The van der Waals surface area contributed by atoms with Crippen molar-refractivity contribution in [2.24, 2.45) is 0 Å². The molecule has 0 bridgehead atoms. The van der Waals surface area contributed by atoms with E-state index in [1.54, 1.807) is 24.3 Å². The molecular weight excluding hydrogens is 381 g/mol. The van der Waals surface area contributed by atoms with Crippen molar-refractivity contribution in [1.29, 1.82) is 0 Å². The maximum Gasteiger partial charge on any atom is 0.267 e. The van der Waals surface area contributed by atoms with Crippen LogP contribution in [0.15, 0.2) is 71.5 Å². The van der Waals surface area contributed by atoms with Gasteiger partial charge in [0.15, 0.2) is 0 Å². The van der Waals surface area contributed by atoms with Crippen LogP contribution >= 0.6 is 23.2 Å². The third kappa shape index (κ3) is 2.57. The molecule has 2 heterocycles. The van der Waals surface area contributed by atoms with Crippen LogP contribution in [0, 0.1) is 0 Å². The Morgan fingerprint density at radius 3 is 2.33 bits per heavy atom. The van der Waals surface area contributed by atoms with Crippen molar-refractivity contribution >= 4 is 50.8 Å². The zero-order valence-electron chi connectivity index (χ0n) is 13.9. The summed E-state index contributed by atoms with van der Waals surface area (Å²) in [6.45, 7) is 0. The van der Waals surface area contributed by atoms with E-state index < -0.39 is 0 Å². The van der Waals surface area contributed by atoms with Gasteiger partial charge in [0.05, 0.1) is 22.1 Å². The summed E-state index contributed by atoms with van der Waals surface area (Å²) in [5, 5.41) is 2.38. The van der Waals surface area contributed by atoms with Crippen molar-refractivity contribution in [3.63, 3.8) is 0 Å². The topological polar surface area (TPSA) is 47.3 Å². The molecule has 0 spiro atoms. The second-order valence-corrected chi connectivity index (χ2v) is 7.07. The number of benzene rings is 3. The molecule has 130 valence electrons. The van der Waals surface area contributed by atoms with Crippen LogP contribution in [0.1, 0.15) is 0 Å². The molecule has 5 rings (SSSR count). The molecular formula is C21H11Cl2N3O. The number of nitrogens with zero attached hydrogens (tertiary/aromatic N) is 3. The van der Waals surface area contributed by atoms with E-state index >= 15 is 0 Å². The maximum absolute atomic E-state index is 13.2. The molecule has 0 amide bonds. The number of fused-ring (bicyclic) bond motifs is 4. The molecule has 0 saturated heterocycles. The van der Waals surface area contributed by atoms with Crippen molar-refractivity contribution in [3.05, 3.63) is 87.1 Å². The quantitative estimate of drug-likeness (QED) is 0.285. The van der Waals surface area contributed by atoms with Crippen LogP contribution in [0.25, 0.3) is 38.8 Å². The lowest BCUT2D eigenvalue weighted by molar-refractivity contribution is 1.07. The Morgan fingerprint density at radius 2 is 1.52 bits per heavy atom. The van der Waals surface area contributed by atoms with E-state index in [1.807, 2.05) is 42.5 Å². The van der Waals surface area contributed by atoms with Gasteiger partial charge in [-0.25, -0.2) is 14.4 Å². The average Bonchev–Trinajstić information content (AvgIpc) is 2.67. The van der Waals surface area contributed by atoms with Gasteiger partial charge < -0.3 is 0 Å². The summed E-state index contributed by atoms with van der Waals surface area (Å²) in [4.78, 5) is 22.5. The van der Waals surface area contributed by atoms with Crippen LogP contribution in [0.4, 0.5) is 0 Å². The standard InChI is InChI=1S/C21H11Cl2N3O/c22-13-7-9-18-16(10-13)19(12-4-2-1-3-5-12)25-21-24-17-11-14(23)6-8-15(17)20(27)26(18)21/h1-11H. The number of hydrogen-bond donors (Lipinski definition) is 0. The zero-order valence-corrected chi connectivity index (χ0v) is 15.4. The van der Waals surface area contributed by atoms with E-state index in [9.17, 15) is 4.79 Å². The third-order valence-electron chi connectivity index (χ3n) is 4.53. The summed E-state index contributed by atoms with van der Waals surface area (Å²) in [7, 11) is 0. The Balaban J connectivity index is 2.03. The summed E-state index contributed by atoms with van der Waals surface area (Å²) < 4.78 is 1.52. The van der Waals surface area contributed by atoms with Crippen molar-refractivity contribution in [2.45, 2.75) is 0 Å². The van der Waals surface area contributed by atoms with Gasteiger partial charge in [-0.05, 0) is 36.4 Å². The van der Waals surface area contributed by atoms with Crippen molar-refractivity contribution in [1.82, 2.24) is 14.4 Å². The first-order valence-corrected chi connectivity index (χ1v) is 9.04. The summed E-state index contributed by atoms with van der Waals surface area (Å²) in [6.07, 6.45) is 0. The monoisotopic (exact) mass is 391 g/mol. The second-order valence-electron chi connectivity index (χ2n) is 6.20. The molecule has 4 nitrogen and oxygen atoms in total. The molecule has 0 saturated carbocycles. The predicted octanol–water partition coefficient (Wildman–Crippen LogP) is 5.37. The summed E-state index contributed by atoms with van der Waals surface area (Å²) in [5.74, 6) is 0.323. The number of halogens is 2. The molecule has 6 heteroatoms. The SMILES string of the molecule is O=c1c2ccc(Cl)cc2nc2nc(-c3ccccc3)c3cc(Cl)ccc3n12. The highest BCUT2D eigenvalue weighted by Gasteiger charge is 2.15. The minimum absolute atomic E-state index is 0.189. The molecule has 5 aromatic rings. The van der Waals surface area contributed by atoms with Crippen LogP contribution in [0.3, 0.4) is 0 Å². The first-order valence-electron chi connectivity index (χ1n) is 8.28. The van der Waals surface area contributed by atoms with Gasteiger partial charge in [0.25, 0.3) is 5.56 Å². The molecule has 0 fully saturated rings. The Labute approximate surface area is 163 Å². The smallest absolute Gasteiger partial charge is 0.267 e. The van der Waals surface area contributed by atoms with E-state index in [2.05, 4.69) is 4.98 Å². The Hall–Kier alpha value is -2.95. The summed E-state index contributed by atoms with van der Waals surface area (Å²) >= 11 is 12.3. The fraction of sp³-hybridized carbons (Fsp3) is 0. The van der Waals surface area contributed by atoms with Gasteiger partial charge >= 0.3 is 0 Å². The highest BCUT2D eigenvalue weighted by Crippen LogP contribution is 2.29. The molecule has 0 radical (unpaired) electrons. The molecule has 0 atom stereocenters. The molecule has 27 heavy (non-hydrogen) atoms. The highest BCUT2D eigenvalue weighted by atomic mass is 35.5. The van der Waals surface area contributed by atoms with Gasteiger partial charge in [0.2, 0.25) is 5.78 Å². The minimum atomic E-state index is -0.189. The normalized spacial score (nSPS) is 11.5. The molecule has 0 aliphatic heterocycles. The lowest BCUT2D eigenvalue weighted by atomic mass is 10.1. The molecule has 3 aromatic carbocycles. The van der Waals surface area contributed by atoms with Gasteiger partial charge in [-0.3, -0.25) is 4.79 Å².